The van der Waals surface area contributed by atoms with Crippen molar-refractivity contribution in [2.75, 3.05) is 4.90 Å². The molecule has 5 nitrogen and oxygen atoms in total. The molecule has 0 fully saturated rings. The van der Waals surface area contributed by atoms with Crippen LogP contribution in [0, 0.1) is 0 Å². The maximum Gasteiger partial charge on any atom is 0.330 e. The number of aliphatic hydroxyl groups is 1. The standard InChI is InChI=1S/C22H25BN3O2/c1-21(2,27)22(3,4)28-23-17-5-7-18(8-6-17)26(19-9-13-24-14-10-19)20-11-15-25-16-12-20/h5-16,27H,1-4H3. The molecular formula is C22H25BN3O2. The minimum atomic E-state index is -0.955. The first-order valence-electron chi connectivity index (χ1n) is 9.22. The zero-order chi connectivity index (χ0) is 20.2. The highest BCUT2D eigenvalue weighted by atomic mass is 16.5. The predicted molar refractivity (Wildman–Crippen MR) is 114 cm³/mol. The first kappa shape index (κ1) is 20.0. The monoisotopic (exact) mass is 374 g/mol. The van der Waals surface area contributed by atoms with Crippen LogP contribution in [0.1, 0.15) is 27.7 Å². The minimum Gasteiger partial charge on any atom is -0.427 e. The third kappa shape index (κ3) is 4.58. The summed E-state index contributed by atoms with van der Waals surface area (Å²) < 4.78 is 5.84. The van der Waals surface area contributed by atoms with Crippen molar-refractivity contribution in [2.24, 2.45) is 0 Å². The van der Waals surface area contributed by atoms with Crippen LogP contribution in [0.15, 0.2) is 73.3 Å². The van der Waals surface area contributed by atoms with Crippen LogP contribution in [-0.4, -0.2) is 33.8 Å². The Morgan fingerprint density at radius 2 is 1.18 bits per heavy atom. The number of anilines is 3. The Hall–Kier alpha value is -2.70. The molecule has 0 bridgehead atoms. The van der Waals surface area contributed by atoms with Crippen molar-refractivity contribution in [3.8, 4) is 0 Å². The Balaban J connectivity index is 1.83. The number of nitrogens with zero attached hydrogens (tertiary/aromatic N) is 3. The molecule has 0 saturated carbocycles. The van der Waals surface area contributed by atoms with Crippen LogP contribution in [0.5, 0.6) is 0 Å². The number of benzene rings is 1. The van der Waals surface area contributed by atoms with E-state index < -0.39 is 11.2 Å². The van der Waals surface area contributed by atoms with E-state index in [1.807, 2.05) is 62.4 Å². The van der Waals surface area contributed by atoms with Crippen molar-refractivity contribution in [3.05, 3.63) is 73.3 Å². The molecule has 0 saturated heterocycles. The summed E-state index contributed by atoms with van der Waals surface area (Å²) in [4.78, 5) is 10.4. The molecule has 28 heavy (non-hydrogen) atoms. The molecule has 2 aromatic heterocycles. The van der Waals surface area contributed by atoms with E-state index in [1.165, 1.54) is 0 Å². The summed E-state index contributed by atoms with van der Waals surface area (Å²) in [7, 11) is 1.69. The molecule has 0 unspecified atom stereocenters. The van der Waals surface area contributed by atoms with Gasteiger partial charge in [0, 0.05) is 41.8 Å². The van der Waals surface area contributed by atoms with Crippen molar-refractivity contribution in [1.29, 1.82) is 0 Å². The summed E-state index contributed by atoms with van der Waals surface area (Å²) in [5, 5.41) is 10.2. The maximum absolute atomic E-state index is 10.2. The Morgan fingerprint density at radius 1 is 0.750 bits per heavy atom. The van der Waals surface area contributed by atoms with Gasteiger partial charge in [0.05, 0.1) is 11.2 Å². The minimum absolute atomic E-state index is 0.703. The second-order valence-corrected chi connectivity index (χ2v) is 7.64. The molecule has 3 aromatic rings. The molecule has 0 aliphatic rings. The Labute approximate surface area is 167 Å². The van der Waals surface area contributed by atoms with Crippen molar-refractivity contribution < 1.29 is 9.76 Å². The third-order valence-corrected chi connectivity index (χ3v) is 4.96. The van der Waals surface area contributed by atoms with E-state index in [-0.39, 0.29) is 0 Å². The lowest BCUT2D eigenvalue weighted by molar-refractivity contribution is -0.0893. The first-order valence-corrected chi connectivity index (χ1v) is 9.22. The summed E-state index contributed by atoms with van der Waals surface area (Å²) in [5.41, 5.74) is 2.30. The van der Waals surface area contributed by atoms with Crippen LogP contribution in [0.2, 0.25) is 0 Å². The normalized spacial score (nSPS) is 11.9. The highest BCUT2D eigenvalue weighted by Gasteiger charge is 2.35. The summed E-state index contributed by atoms with van der Waals surface area (Å²) in [5.74, 6) is 0. The lowest BCUT2D eigenvalue weighted by Gasteiger charge is -2.37. The van der Waals surface area contributed by atoms with Gasteiger partial charge in [0.2, 0.25) is 0 Å². The predicted octanol–water partition coefficient (Wildman–Crippen LogP) is 3.76. The van der Waals surface area contributed by atoms with Crippen LogP contribution >= 0.6 is 0 Å². The molecular weight excluding hydrogens is 349 g/mol. The Morgan fingerprint density at radius 3 is 1.61 bits per heavy atom. The first-order chi connectivity index (χ1) is 13.3. The molecule has 0 amide bonds. The van der Waals surface area contributed by atoms with Gasteiger partial charge in [-0.3, -0.25) is 9.97 Å². The van der Waals surface area contributed by atoms with E-state index in [4.69, 9.17) is 4.65 Å². The largest absolute Gasteiger partial charge is 0.427 e. The number of hydrogen-bond acceptors (Lipinski definition) is 5. The number of aromatic nitrogens is 2. The van der Waals surface area contributed by atoms with Gasteiger partial charge in [-0.2, -0.15) is 0 Å². The van der Waals surface area contributed by atoms with Gasteiger partial charge >= 0.3 is 7.48 Å². The molecule has 3 rings (SSSR count). The van der Waals surface area contributed by atoms with E-state index in [0.29, 0.717) is 0 Å². The van der Waals surface area contributed by atoms with Crippen molar-refractivity contribution >= 4 is 30.0 Å². The Kier molecular flexibility index (Phi) is 5.82. The molecule has 1 N–H and O–H groups in total. The lowest BCUT2D eigenvalue weighted by atomic mass is 9.82. The van der Waals surface area contributed by atoms with Crippen LogP contribution in [-0.2, 0) is 4.65 Å². The molecule has 143 valence electrons. The molecule has 0 aliphatic heterocycles. The third-order valence-electron chi connectivity index (χ3n) is 4.96. The van der Waals surface area contributed by atoms with E-state index in [0.717, 1.165) is 22.5 Å². The number of hydrogen-bond donors (Lipinski definition) is 1. The van der Waals surface area contributed by atoms with Gasteiger partial charge in [-0.1, -0.05) is 17.6 Å². The SMILES string of the molecule is CC(C)(O)C(C)(C)O[B]c1ccc(N(c2ccncc2)c2ccncc2)cc1. The van der Waals surface area contributed by atoms with E-state index in [2.05, 4.69) is 14.9 Å². The fourth-order valence-electron chi connectivity index (χ4n) is 2.49. The summed E-state index contributed by atoms with van der Waals surface area (Å²) in [6, 6.07) is 15.9. The van der Waals surface area contributed by atoms with Gasteiger partial charge in [-0.05, 0) is 64.1 Å². The van der Waals surface area contributed by atoms with Gasteiger partial charge < -0.3 is 14.7 Å². The van der Waals surface area contributed by atoms with E-state index in [9.17, 15) is 5.11 Å². The molecule has 0 atom stereocenters. The lowest BCUT2D eigenvalue weighted by Crippen LogP contribution is -2.49. The number of pyridine rings is 2. The van der Waals surface area contributed by atoms with E-state index in [1.54, 1.807) is 46.1 Å². The van der Waals surface area contributed by atoms with Crippen LogP contribution in [0.4, 0.5) is 17.1 Å². The summed E-state index contributed by atoms with van der Waals surface area (Å²) in [6.45, 7) is 7.22. The molecule has 2 heterocycles. The summed E-state index contributed by atoms with van der Waals surface area (Å²) in [6.07, 6.45) is 7.10. The molecule has 1 radical (unpaired) electrons. The maximum atomic E-state index is 10.2. The highest BCUT2D eigenvalue weighted by molar-refractivity contribution is 6.47. The second kappa shape index (κ2) is 8.13. The fourth-order valence-corrected chi connectivity index (χ4v) is 2.49. The van der Waals surface area contributed by atoms with Gasteiger partial charge in [-0.25, -0.2) is 0 Å². The van der Waals surface area contributed by atoms with Crippen molar-refractivity contribution in [3.63, 3.8) is 0 Å². The van der Waals surface area contributed by atoms with Crippen molar-refractivity contribution in [1.82, 2.24) is 9.97 Å². The fraction of sp³-hybridized carbons (Fsp3) is 0.273. The quantitative estimate of drug-likeness (QED) is 0.639. The smallest absolute Gasteiger partial charge is 0.330 e. The average molecular weight is 374 g/mol. The topological polar surface area (TPSA) is 58.5 Å². The zero-order valence-corrected chi connectivity index (χ0v) is 16.7. The van der Waals surface area contributed by atoms with Gasteiger partial charge in [0.25, 0.3) is 0 Å². The second-order valence-electron chi connectivity index (χ2n) is 7.64. The highest BCUT2D eigenvalue weighted by Crippen LogP contribution is 2.33. The number of rotatable bonds is 7. The summed E-state index contributed by atoms with van der Waals surface area (Å²) >= 11 is 0. The van der Waals surface area contributed by atoms with Crippen LogP contribution in [0.25, 0.3) is 0 Å². The molecule has 1 aromatic carbocycles. The van der Waals surface area contributed by atoms with E-state index >= 15 is 0 Å². The van der Waals surface area contributed by atoms with Gasteiger partial charge in [-0.15, -0.1) is 0 Å². The van der Waals surface area contributed by atoms with Gasteiger partial charge in [0.15, 0.2) is 0 Å². The zero-order valence-electron chi connectivity index (χ0n) is 16.7. The molecule has 0 aliphatic carbocycles. The van der Waals surface area contributed by atoms with Crippen LogP contribution < -0.4 is 10.4 Å². The van der Waals surface area contributed by atoms with Gasteiger partial charge in [0.1, 0.15) is 0 Å². The average Bonchev–Trinajstić information content (AvgIpc) is 2.68. The molecule has 6 heteroatoms. The van der Waals surface area contributed by atoms with Crippen molar-refractivity contribution in [2.45, 2.75) is 38.9 Å². The molecule has 0 spiro atoms. The van der Waals surface area contributed by atoms with Crippen LogP contribution in [0.3, 0.4) is 0 Å². The Bertz CT molecular complexity index is 840.